The molecule has 33 heavy (non-hydrogen) atoms. The van der Waals surface area contributed by atoms with Gasteiger partial charge in [0.15, 0.2) is 0 Å². The van der Waals surface area contributed by atoms with Gasteiger partial charge in [0.1, 0.15) is 5.60 Å². The molecule has 1 aromatic heterocycles. The second-order valence-corrected chi connectivity index (χ2v) is 9.72. The first-order valence-electron chi connectivity index (χ1n) is 11.6. The minimum Gasteiger partial charge on any atom is -0.459 e. The van der Waals surface area contributed by atoms with Gasteiger partial charge in [-0.25, -0.2) is 4.98 Å². The van der Waals surface area contributed by atoms with Gasteiger partial charge in [-0.1, -0.05) is 48.5 Å². The van der Waals surface area contributed by atoms with Gasteiger partial charge in [-0.05, 0) is 44.9 Å². The molecule has 0 fully saturated rings. The number of anilines is 1. The van der Waals surface area contributed by atoms with Crippen LogP contribution in [0, 0.1) is 6.92 Å². The fourth-order valence-electron chi connectivity index (χ4n) is 4.54. The number of ether oxygens (including phenoxy) is 1. The maximum absolute atomic E-state index is 13.7. The van der Waals surface area contributed by atoms with E-state index in [0.717, 1.165) is 42.3 Å². The minimum atomic E-state index is -0.566. The monoisotopic (exact) mass is 446 g/mol. The van der Waals surface area contributed by atoms with Gasteiger partial charge < -0.3 is 15.0 Å². The number of hydrogen-bond donors (Lipinski definition) is 2. The molecule has 0 saturated carbocycles. The lowest BCUT2D eigenvalue weighted by molar-refractivity contribution is -0.158. The molecule has 2 atom stereocenters. The fraction of sp³-hybridized carbons (Fsp3) is 0.407. The summed E-state index contributed by atoms with van der Waals surface area (Å²) in [7, 11) is 0. The van der Waals surface area contributed by atoms with E-state index in [1.807, 2.05) is 58.0 Å². The normalized spacial score (nSPS) is 16.2. The summed E-state index contributed by atoms with van der Waals surface area (Å²) in [5.41, 5.74) is 4.80. The number of esters is 1. The summed E-state index contributed by atoms with van der Waals surface area (Å²) in [6, 6.07) is 18.3. The lowest BCUT2D eigenvalue weighted by Gasteiger charge is -2.36. The summed E-state index contributed by atoms with van der Waals surface area (Å²) in [5, 5.41) is 3.55. The molecule has 3 aromatic rings. The van der Waals surface area contributed by atoms with Crippen LogP contribution >= 0.6 is 0 Å². The third-order valence-corrected chi connectivity index (χ3v) is 6.12. The molecule has 0 amide bonds. The molecule has 1 aliphatic rings. The zero-order chi connectivity index (χ0) is 23.4. The first-order valence-corrected chi connectivity index (χ1v) is 11.6. The van der Waals surface area contributed by atoms with Crippen LogP contribution < -0.4 is 5.32 Å². The third-order valence-electron chi connectivity index (χ3n) is 6.12. The van der Waals surface area contributed by atoms with Crippen molar-refractivity contribution in [3.63, 3.8) is 0 Å². The summed E-state index contributed by atoms with van der Waals surface area (Å²) in [5.74, 6) is -0.635. The summed E-state index contributed by atoms with van der Waals surface area (Å²) < 4.78 is 5.97. The largest absolute Gasteiger partial charge is 0.459 e. The molecule has 174 valence electrons. The predicted octanol–water partition coefficient (Wildman–Crippen LogP) is 4.68. The molecule has 2 heterocycles. The Morgan fingerprint density at radius 3 is 2.55 bits per heavy atom. The number of nitrogens with one attached hydrogen (secondary N) is 2. The number of nitrogens with zero attached hydrogens (tertiary/aromatic N) is 2. The smallest absolute Gasteiger partial charge is 0.315 e. The van der Waals surface area contributed by atoms with Crippen molar-refractivity contribution < 1.29 is 9.53 Å². The van der Waals surface area contributed by atoms with E-state index in [2.05, 4.69) is 44.5 Å². The average molecular weight is 447 g/mol. The number of aromatic amines is 1. The van der Waals surface area contributed by atoms with Gasteiger partial charge >= 0.3 is 5.97 Å². The quantitative estimate of drug-likeness (QED) is 0.538. The van der Waals surface area contributed by atoms with Crippen LogP contribution in [0.25, 0.3) is 0 Å². The summed E-state index contributed by atoms with van der Waals surface area (Å²) in [6.45, 7) is 10.2. The first kappa shape index (κ1) is 23.1. The minimum absolute atomic E-state index is 0.114. The van der Waals surface area contributed by atoms with Crippen molar-refractivity contribution in [1.82, 2.24) is 14.9 Å². The third kappa shape index (κ3) is 5.63. The zero-order valence-electron chi connectivity index (χ0n) is 20.0. The molecule has 0 saturated heterocycles. The Labute approximate surface area is 196 Å². The van der Waals surface area contributed by atoms with Crippen LogP contribution in [-0.2, 0) is 22.5 Å². The van der Waals surface area contributed by atoms with Crippen molar-refractivity contribution in [2.75, 3.05) is 18.4 Å². The van der Waals surface area contributed by atoms with E-state index in [1.165, 1.54) is 5.56 Å². The van der Waals surface area contributed by atoms with Gasteiger partial charge in [0, 0.05) is 43.5 Å². The summed E-state index contributed by atoms with van der Waals surface area (Å²) >= 11 is 0. The number of benzene rings is 2. The maximum Gasteiger partial charge on any atom is 0.315 e. The number of carbonyl (C=O) groups is 1. The molecule has 0 bridgehead atoms. The molecule has 2 unspecified atom stereocenters. The molecule has 1 aliphatic heterocycles. The van der Waals surface area contributed by atoms with Gasteiger partial charge in [0.2, 0.25) is 0 Å². The van der Waals surface area contributed by atoms with Crippen molar-refractivity contribution in [3.05, 3.63) is 83.4 Å². The molecule has 0 radical (unpaired) electrons. The number of aryl methyl sites for hydroxylation is 1. The number of aromatic nitrogens is 2. The summed E-state index contributed by atoms with van der Waals surface area (Å²) in [6.07, 6.45) is 2.38. The van der Waals surface area contributed by atoms with E-state index in [0.29, 0.717) is 6.42 Å². The highest BCUT2D eigenvalue weighted by atomic mass is 16.6. The van der Waals surface area contributed by atoms with E-state index in [-0.39, 0.29) is 12.0 Å². The molecule has 4 rings (SSSR count). The number of H-pyrrole nitrogens is 1. The van der Waals surface area contributed by atoms with E-state index in [4.69, 9.17) is 4.74 Å². The Hall–Kier alpha value is -3.12. The van der Waals surface area contributed by atoms with Crippen LogP contribution in [-0.4, -0.2) is 45.6 Å². The van der Waals surface area contributed by atoms with Gasteiger partial charge in [0.25, 0.3) is 0 Å². The van der Waals surface area contributed by atoms with Gasteiger partial charge in [-0.3, -0.25) is 9.69 Å². The molecule has 6 heteroatoms. The fourth-order valence-corrected chi connectivity index (χ4v) is 4.54. The average Bonchev–Trinajstić information content (AvgIpc) is 3.05. The van der Waals surface area contributed by atoms with Crippen molar-refractivity contribution in [1.29, 1.82) is 0 Å². The molecule has 6 nitrogen and oxygen atoms in total. The van der Waals surface area contributed by atoms with Crippen LogP contribution in [0.4, 0.5) is 5.69 Å². The second kappa shape index (κ2) is 9.79. The molecule has 0 spiro atoms. The molecular formula is C27H34N4O2. The molecule has 2 N–H and O–H groups in total. The maximum atomic E-state index is 13.7. The summed E-state index contributed by atoms with van der Waals surface area (Å²) in [4.78, 5) is 23.9. The van der Waals surface area contributed by atoms with E-state index >= 15 is 0 Å². The van der Waals surface area contributed by atoms with Crippen LogP contribution in [0.1, 0.15) is 49.2 Å². The highest BCUT2D eigenvalue weighted by Gasteiger charge is 2.38. The second-order valence-electron chi connectivity index (χ2n) is 9.72. The predicted molar refractivity (Wildman–Crippen MR) is 131 cm³/mol. The highest BCUT2D eigenvalue weighted by molar-refractivity contribution is 5.79. The highest BCUT2D eigenvalue weighted by Crippen LogP contribution is 2.32. The number of hydrogen-bond acceptors (Lipinski definition) is 5. The van der Waals surface area contributed by atoms with E-state index in [1.54, 1.807) is 6.33 Å². The van der Waals surface area contributed by atoms with Crippen LogP contribution in [0.3, 0.4) is 0 Å². The SMILES string of the molecule is Cc1[nH]cnc1CC(C(C(=O)OC(C)(C)C)c1ccccc1)N1CCNc2ccccc2C1. The number of para-hydroxylation sites is 1. The molecule has 2 aromatic carbocycles. The van der Waals surface area contributed by atoms with Gasteiger partial charge in [-0.15, -0.1) is 0 Å². The Bertz CT molecular complexity index is 1070. The van der Waals surface area contributed by atoms with Crippen LogP contribution in [0.2, 0.25) is 0 Å². The Morgan fingerprint density at radius 2 is 1.85 bits per heavy atom. The number of fused-ring (bicyclic) bond motifs is 1. The van der Waals surface area contributed by atoms with Crippen LogP contribution in [0.15, 0.2) is 60.9 Å². The Balaban J connectivity index is 1.77. The van der Waals surface area contributed by atoms with Crippen molar-refractivity contribution >= 4 is 11.7 Å². The van der Waals surface area contributed by atoms with Crippen molar-refractivity contribution in [3.8, 4) is 0 Å². The Kier molecular flexibility index (Phi) is 6.84. The Morgan fingerprint density at radius 1 is 1.12 bits per heavy atom. The lowest BCUT2D eigenvalue weighted by Crippen LogP contribution is -2.46. The van der Waals surface area contributed by atoms with Gasteiger partial charge in [-0.2, -0.15) is 0 Å². The molecule has 0 aliphatic carbocycles. The van der Waals surface area contributed by atoms with Gasteiger partial charge in [0.05, 0.1) is 17.9 Å². The number of rotatable bonds is 6. The van der Waals surface area contributed by atoms with Crippen molar-refractivity contribution in [2.24, 2.45) is 0 Å². The first-order chi connectivity index (χ1) is 15.8. The lowest BCUT2D eigenvalue weighted by atomic mass is 9.86. The number of carbonyl (C=O) groups excluding carboxylic acids is 1. The van der Waals surface area contributed by atoms with Crippen LogP contribution in [0.5, 0.6) is 0 Å². The molecular weight excluding hydrogens is 412 g/mol. The van der Waals surface area contributed by atoms with E-state index < -0.39 is 11.5 Å². The number of imidazole rings is 1. The van der Waals surface area contributed by atoms with Crippen molar-refractivity contribution in [2.45, 2.75) is 58.2 Å². The standard InChI is InChI=1S/C27H34N4O2/c1-19-23(30-18-29-19)16-24(31-15-14-28-22-13-9-8-12-21(22)17-31)25(20-10-6-5-7-11-20)26(32)33-27(2,3)4/h5-13,18,24-25,28H,14-17H2,1-4H3,(H,29,30). The zero-order valence-corrected chi connectivity index (χ0v) is 20.0. The van der Waals surface area contributed by atoms with E-state index in [9.17, 15) is 4.79 Å². The topological polar surface area (TPSA) is 70.2 Å².